The summed E-state index contributed by atoms with van der Waals surface area (Å²) in [5.74, 6) is -0.0355. The van der Waals surface area contributed by atoms with Crippen LogP contribution in [0.3, 0.4) is 0 Å². The molecule has 2 rings (SSSR count). The van der Waals surface area contributed by atoms with Crippen molar-refractivity contribution in [1.29, 1.82) is 0 Å². The second-order valence-electron chi connectivity index (χ2n) is 4.68. The largest absolute Gasteiger partial charge is 1.00 e. The summed E-state index contributed by atoms with van der Waals surface area (Å²) in [6.45, 7) is -0.412. The van der Waals surface area contributed by atoms with Gasteiger partial charge in [0.25, 0.3) is 0 Å². The van der Waals surface area contributed by atoms with Crippen LogP contribution in [0.1, 0.15) is 17.3 Å². The molecule has 1 N–H and O–H groups in total. The van der Waals surface area contributed by atoms with E-state index in [-0.39, 0.29) is 36.8 Å². The first-order valence-electron chi connectivity index (χ1n) is 6.89. The van der Waals surface area contributed by atoms with Gasteiger partial charge in [-0.25, -0.2) is 4.79 Å². The van der Waals surface area contributed by atoms with Crippen LogP contribution in [0.15, 0.2) is 54.6 Å². The Kier molecular flexibility index (Phi) is 8.26. The summed E-state index contributed by atoms with van der Waals surface area (Å²) in [5, 5.41) is 8.53. The number of benzene rings is 2. The number of carboxylic acid groups (broad SMARTS) is 1. The van der Waals surface area contributed by atoms with Crippen molar-refractivity contribution in [1.82, 2.24) is 0 Å². The Balaban J connectivity index is 0.00000288. The molecule has 0 radical (unpaired) electrons. The van der Waals surface area contributed by atoms with Crippen LogP contribution in [0, 0.1) is 0 Å². The number of rotatable bonds is 7. The van der Waals surface area contributed by atoms with Crippen molar-refractivity contribution < 1.29 is 55.2 Å². The molecule has 0 saturated heterocycles. The van der Waals surface area contributed by atoms with Gasteiger partial charge < -0.3 is 16.0 Å². The Hall–Kier alpha value is -2.08. The molecule has 2 aromatic carbocycles. The minimum absolute atomic E-state index is 0. The SMILES string of the molecule is COc1ccc(C=CC(=O)c2ccc(OCC(=O)O)cc2)cc1.[H-].[Na+]. The summed E-state index contributed by atoms with van der Waals surface area (Å²) in [6, 6.07) is 13.7. The molecule has 0 amide bonds. The number of carboxylic acids is 1. The Morgan fingerprint density at radius 1 is 1.04 bits per heavy atom. The minimum Gasteiger partial charge on any atom is -1.00 e. The average molecular weight is 336 g/mol. The van der Waals surface area contributed by atoms with E-state index >= 15 is 0 Å². The van der Waals surface area contributed by atoms with Crippen LogP contribution < -0.4 is 39.0 Å². The van der Waals surface area contributed by atoms with Crippen molar-refractivity contribution in [3.63, 3.8) is 0 Å². The van der Waals surface area contributed by atoms with E-state index in [0.717, 1.165) is 11.3 Å². The van der Waals surface area contributed by atoms with E-state index in [4.69, 9.17) is 14.6 Å². The van der Waals surface area contributed by atoms with Crippen molar-refractivity contribution in [3.05, 3.63) is 65.7 Å². The second-order valence-corrected chi connectivity index (χ2v) is 4.68. The molecule has 0 bridgehead atoms. The Morgan fingerprint density at radius 2 is 1.62 bits per heavy atom. The second kappa shape index (κ2) is 9.93. The molecule has 2 aromatic rings. The third kappa shape index (κ3) is 6.20. The first-order chi connectivity index (χ1) is 11.1. The molecule has 0 aliphatic carbocycles. The number of ether oxygens (including phenoxy) is 2. The van der Waals surface area contributed by atoms with E-state index in [1.54, 1.807) is 37.5 Å². The van der Waals surface area contributed by atoms with E-state index in [2.05, 4.69) is 0 Å². The number of ketones is 1. The Bertz CT molecular complexity index is 711. The van der Waals surface area contributed by atoms with Gasteiger partial charge in [0.1, 0.15) is 11.5 Å². The maximum absolute atomic E-state index is 12.1. The fourth-order valence-electron chi connectivity index (χ4n) is 1.84. The van der Waals surface area contributed by atoms with E-state index in [1.165, 1.54) is 6.08 Å². The van der Waals surface area contributed by atoms with Crippen molar-refractivity contribution in [2.24, 2.45) is 0 Å². The number of hydrogen-bond donors (Lipinski definition) is 1. The topological polar surface area (TPSA) is 72.8 Å². The summed E-state index contributed by atoms with van der Waals surface area (Å²) >= 11 is 0. The molecule has 0 aliphatic rings. The molecular formula is C18H17NaO5. The van der Waals surface area contributed by atoms with Gasteiger partial charge in [-0.2, -0.15) is 0 Å². The van der Waals surface area contributed by atoms with Crippen LogP contribution in [0.5, 0.6) is 11.5 Å². The van der Waals surface area contributed by atoms with Crippen LogP contribution in [-0.4, -0.2) is 30.6 Å². The molecule has 0 unspecified atom stereocenters. The van der Waals surface area contributed by atoms with Gasteiger partial charge in [0.15, 0.2) is 12.4 Å². The third-order valence-corrected chi connectivity index (χ3v) is 3.04. The summed E-state index contributed by atoms with van der Waals surface area (Å²) in [5.41, 5.74) is 1.39. The van der Waals surface area contributed by atoms with Crippen LogP contribution in [-0.2, 0) is 4.79 Å². The normalized spacial score (nSPS) is 10.0. The van der Waals surface area contributed by atoms with Gasteiger partial charge in [-0.1, -0.05) is 18.2 Å². The van der Waals surface area contributed by atoms with Gasteiger partial charge in [0, 0.05) is 5.56 Å². The fourth-order valence-corrected chi connectivity index (χ4v) is 1.84. The Labute approximate surface area is 163 Å². The summed E-state index contributed by atoms with van der Waals surface area (Å²) < 4.78 is 10.1. The van der Waals surface area contributed by atoms with Crippen LogP contribution in [0.4, 0.5) is 0 Å². The number of hydrogen-bond acceptors (Lipinski definition) is 4. The summed E-state index contributed by atoms with van der Waals surface area (Å²) in [7, 11) is 1.60. The molecule has 5 nitrogen and oxygen atoms in total. The van der Waals surface area contributed by atoms with Gasteiger partial charge in [-0.05, 0) is 48.0 Å². The van der Waals surface area contributed by atoms with Crippen molar-refractivity contribution >= 4 is 17.8 Å². The zero-order valence-electron chi connectivity index (χ0n) is 14.6. The Morgan fingerprint density at radius 3 is 2.17 bits per heavy atom. The molecule has 0 spiro atoms. The number of allylic oxidation sites excluding steroid dienone is 1. The first kappa shape index (κ1) is 20.0. The van der Waals surface area contributed by atoms with E-state index in [1.807, 2.05) is 24.3 Å². The third-order valence-electron chi connectivity index (χ3n) is 3.04. The quantitative estimate of drug-likeness (QED) is 0.443. The maximum atomic E-state index is 12.1. The minimum atomic E-state index is -1.05. The molecule has 0 fully saturated rings. The molecule has 24 heavy (non-hydrogen) atoms. The summed E-state index contributed by atoms with van der Waals surface area (Å²) in [6.07, 6.45) is 3.20. The van der Waals surface area contributed by atoms with Crippen molar-refractivity contribution in [2.45, 2.75) is 0 Å². The molecule has 0 saturated carbocycles. The van der Waals surface area contributed by atoms with Crippen LogP contribution in [0.25, 0.3) is 6.08 Å². The molecule has 120 valence electrons. The van der Waals surface area contributed by atoms with Crippen LogP contribution in [0.2, 0.25) is 0 Å². The molecule has 0 aliphatic heterocycles. The number of aliphatic carboxylic acids is 1. The predicted molar refractivity (Wildman–Crippen MR) is 87.0 cm³/mol. The van der Waals surface area contributed by atoms with E-state index < -0.39 is 12.6 Å². The van der Waals surface area contributed by atoms with Gasteiger partial charge in [0.2, 0.25) is 0 Å². The van der Waals surface area contributed by atoms with Gasteiger partial charge >= 0.3 is 35.5 Å². The molecule has 0 atom stereocenters. The van der Waals surface area contributed by atoms with Gasteiger partial charge in [-0.3, -0.25) is 4.79 Å². The first-order valence-corrected chi connectivity index (χ1v) is 6.89. The standard InChI is InChI=1S/C18H16O5.Na.H/c1-22-15-7-2-13(3-8-15)4-11-17(19)14-5-9-16(10-6-14)23-12-18(20)21;;/h2-11H,12H2,1H3,(H,20,21);;/q;+1;-1. The van der Waals surface area contributed by atoms with Gasteiger partial charge in [-0.15, -0.1) is 0 Å². The predicted octanol–water partition coefficient (Wildman–Crippen LogP) is 0.171. The molecule has 0 heterocycles. The zero-order chi connectivity index (χ0) is 16.7. The van der Waals surface area contributed by atoms with E-state index in [9.17, 15) is 9.59 Å². The maximum Gasteiger partial charge on any atom is 1.00 e. The molecule has 0 aromatic heterocycles. The van der Waals surface area contributed by atoms with E-state index in [0.29, 0.717) is 11.3 Å². The number of carbonyl (C=O) groups is 2. The monoisotopic (exact) mass is 336 g/mol. The van der Waals surface area contributed by atoms with Crippen molar-refractivity contribution in [3.8, 4) is 11.5 Å². The molecular weight excluding hydrogens is 319 g/mol. The van der Waals surface area contributed by atoms with Crippen molar-refractivity contribution in [2.75, 3.05) is 13.7 Å². The summed E-state index contributed by atoms with van der Waals surface area (Å²) in [4.78, 5) is 22.5. The van der Waals surface area contributed by atoms with Crippen LogP contribution >= 0.6 is 0 Å². The average Bonchev–Trinajstić information content (AvgIpc) is 2.58. The number of carbonyl (C=O) groups excluding carboxylic acids is 1. The van der Waals surface area contributed by atoms with Gasteiger partial charge in [0.05, 0.1) is 7.11 Å². The fraction of sp³-hybridized carbons (Fsp3) is 0.111. The zero-order valence-corrected chi connectivity index (χ0v) is 15.6. The number of methoxy groups -OCH3 is 1. The molecule has 6 heteroatoms. The smallest absolute Gasteiger partial charge is 1.00 e.